The van der Waals surface area contributed by atoms with Crippen LogP contribution in [0.5, 0.6) is 5.75 Å². The molecule has 1 fully saturated rings. The molecule has 1 aromatic rings. The first kappa shape index (κ1) is 13.8. The minimum Gasteiger partial charge on any atom is -0.493 e. The molecule has 4 nitrogen and oxygen atoms in total. The van der Waals surface area contributed by atoms with Crippen LogP contribution in [0.4, 0.5) is 4.39 Å². The molecule has 3 N–H and O–H groups in total. The van der Waals surface area contributed by atoms with E-state index in [0.29, 0.717) is 24.8 Å². The van der Waals surface area contributed by atoms with Crippen LogP contribution in [0.15, 0.2) is 24.3 Å². The van der Waals surface area contributed by atoms with E-state index in [1.165, 1.54) is 12.1 Å². The van der Waals surface area contributed by atoms with Gasteiger partial charge in [-0.2, -0.15) is 0 Å². The Kier molecular flexibility index (Phi) is 4.04. The summed E-state index contributed by atoms with van der Waals surface area (Å²) in [6, 6.07) is 6.32. The van der Waals surface area contributed by atoms with Gasteiger partial charge in [-0.1, -0.05) is 6.07 Å². The average molecular weight is 266 g/mol. The average Bonchev–Trinajstić information content (AvgIpc) is 3.12. The third-order valence-electron chi connectivity index (χ3n) is 3.31. The number of halogens is 1. The summed E-state index contributed by atoms with van der Waals surface area (Å²) in [7, 11) is 0. The minimum absolute atomic E-state index is 0.308. The van der Waals surface area contributed by atoms with Crippen molar-refractivity contribution in [2.75, 3.05) is 6.61 Å². The van der Waals surface area contributed by atoms with Crippen LogP contribution in [0, 0.1) is 5.82 Å². The van der Waals surface area contributed by atoms with Crippen molar-refractivity contribution in [1.29, 1.82) is 0 Å². The molecule has 2 rings (SSSR count). The SMILES string of the molecule is CC(CCOc1cccc(F)c1)(NC1CC1)C(N)=O. The smallest absolute Gasteiger partial charge is 0.237 e. The van der Waals surface area contributed by atoms with E-state index in [4.69, 9.17) is 10.5 Å². The van der Waals surface area contributed by atoms with Crippen molar-refractivity contribution in [3.63, 3.8) is 0 Å². The largest absolute Gasteiger partial charge is 0.493 e. The van der Waals surface area contributed by atoms with Crippen molar-refractivity contribution in [2.24, 2.45) is 5.73 Å². The second-order valence-electron chi connectivity index (χ2n) is 5.17. The highest BCUT2D eigenvalue weighted by Gasteiger charge is 2.36. The maximum atomic E-state index is 13.0. The summed E-state index contributed by atoms with van der Waals surface area (Å²) in [6.07, 6.45) is 2.61. The zero-order chi connectivity index (χ0) is 13.9. The summed E-state index contributed by atoms with van der Waals surface area (Å²) in [5, 5.41) is 3.24. The number of hydrogen-bond donors (Lipinski definition) is 2. The Morgan fingerprint density at radius 1 is 1.58 bits per heavy atom. The summed E-state index contributed by atoms with van der Waals surface area (Å²) in [5.74, 6) is -0.272. The Morgan fingerprint density at radius 3 is 2.89 bits per heavy atom. The molecule has 0 heterocycles. The van der Waals surface area contributed by atoms with Gasteiger partial charge in [0.25, 0.3) is 0 Å². The Balaban J connectivity index is 1.86. The highest BCUT2D eigenvalue weighted by molar-refractivity contribution is 5.84. The molecule has 0 bridgehead atoms. The van der Waals surface area contributed by atoms with Gasteiger partial charge in [-0.15, -0.1) is 0 Å². The predicted molar refractivity (Wildman–Crippen MR) is 70.3 cm³/mol. The summed E-state index contributed by atoms with van der Waals surface area (Å²) >= 11 is 0. The minimum atomic E-state index is -0.769. The number of amides is 1. The Hall–Kier alpha value is -1.62. The number of hydrogen-bond acceptors (Lipinski definition) is 3. The van der Waals surface area contributed by atoms with E-state index in [-0.39, 0.29) is 11.7 Å². The molecule has 104 valence electrons. The monoisotopic (exact) mass is 266 g/mol. The number of nitrogens with two attached hydrogens (primary N) is 1. The van der Waals surface area contributed by atoms with Crippen molar-refractivity contribution in [1.82, 2.24) is 5.32 Å². The van der Waals surface area contributed by atoms with E-state index < -0.39 is 5.54 Å². The maximum Gasteiger partial charge on any atom is 0.237 e. The number of nitrogens with one attached hydrogen (secondary N) is 1. The molecule has 1 unspecified atom stereocenters. The molecule has 1 saturated carbocycles. The number of ether oxygens (including phenoxy) is 1. The van der Waals surface area contributed by atoms with Gasteiger partial charge in [0.2, 0.25) is 5.91 Å². The molecule has 1 aliphatic carbocycles. The molecule has 0 aliphatic heterocycles. The van der Waals surface area contributed by atoms with Crippen LogP contribution in [0.2, 0.25) is 0 Å². The second-order valence-corrected chi connectivity index (χ2v) is 5.17. The van der Waals surface area contributed by atoms with Crippen LogP contribution in [0.25, 0.3) is 0 Å². The van der Waals surface area contributed by atoms with Crippen LogP contribution in [-0.2, 0) is 4.79 Å². The van der Waals surface area contributed by atoms with Gasteiger partial charge in [-0.25, -0.2) is 4.39 Å². The Labute approximate surface area is 112 Å². The van der Waals surface area contributed by atoms with Crippen molar-refractivity contribution < 1.29 is 13.9 Å². The fourth-order valence-electron chi connectivity index (χ4n) is 1.87. The van der Waals surface area contributed by atoms with Crippen LogP contribution in [-0.4, -0.2) is 24.1 Å². The van der Waals surface area contributed by atoms with Gasteiger partial charge in [0.05, 0.1) is 12.1 Å². The lowest BCUT2D eigenvalue weighted by Crippen LogP contribution is -2.54. The van der Waals surface area contributed by atoms with Gasteiger partial charge in [0, 0.05) is 18.5 Å². The molecule has 0 radical (unpaired) electrons. The van der Waals surface area contributed by atoms with Gasteiger partial charge in [0.1, 0.15) is 11.6 Å². The first-order valence-corrected chi connectivity index (χ1v) is 6.45. The molecular formula is C14H19FN2O2. The highest BCUT2D eigenvalue weighted by atomic mass is 19.1. The van der Waals surface area contributed by atoms with E-state index in [1.54, 1.807) is 19.1 Å². The van der Waals surface area contributed by atoms with E-state index in [0.717, 1.165) is 12.8 Å². The Morgan fingerprint density at radius 2 is 2.32 bits per heavy atom. The number of rotatable bonds is 7. The number of primary amides is 1. The molecular weight excluding hydrogens is 247 g/mol. The lowest BCUT2D eigenvalue weighted by molar-refractivity contribution is -0.124. The van der Waals surface area contributed by atoms with E-state index in [9.17, 15) is 9.18 Å². The van der Waals surface area contributed by atoms with Gasteiger partial charge in [0.15, 0.2) is 0 Å². The quantitative estimate of drug-likeness (QED) is 0.787. The van der Waals surface area contributed by atoms with Gasteiger partial charge >= 0.3 is 0 Å². The molecule has 1 amide bonds. The zero-order valence-corrected chi connectivity index (χ0v) is 11.0. The highest BCUT2D eigenvalue weighted by Crippen LogP contribution is 2.24. The number of carbonyl (C=O) groups excluding carboxylic acids is 1. The van der Waals surface area contributed by atoms with Crippen molar-refractivity contribution in [2.45, 2.75) is 37.8 Å². The topological polar surface area (TPSA) is 64.3 Å². The van der Waals surface area contributed by atoms with E-state index >= 15 is 0 Å². The van der Waals surface area contributed by atoms with Crippen LogP contribution in [0.3, 0.4) is 0 Å². The lowest BCUT2D eigenvalue weighted by atomic mass is 9.97. The molecule has 0 saturated heterocycles. The number of benzene rings is 1. The number of carbonyl (C=O) groups is 1. The van der Waals surface area contributed by atoms with Crippen molar-refractivity contribution >= 4 is 5.91 Å². The first-order valence-electron chi connectivity index (χ1n) is 6.45. The summed E-state index contributed by atoms with van der Waals surface area (Å²) in [5.41, 5.74) is 4.66. The summed E-state index contributed by atoms with van der Waals surface area (Å²) in [6.45, 7) is 2.09. The van der Waals surface area contributed by atoms with Crippen LogP contribution >= 0.6 is 0 Å². The third-order valence-corrected chi connectivity index (χ3v) is 3.31. The normalized spacial score (nSPS) is 17.8. The molecule has 1 atom stereocenters. The summed E-state index contributed by atoms with van der Waals surface area (Å²) < 4.78 is 18.4. The third kappa shape index (κ3) is 3.92. The summed E-state index contributed by atoms with van der Waals surface area (Å²) in [4.78, 5) is 11.5. The van der Waals surface area contributed by atoms with Gasteiger partial charge < -0.3 is 15.8 Å². The first-order chi connectivity index (χ1) is 8.99. The lowest BCUT2D eigenvalue weighted by Gasteiger charge is -2.27. The van der Waals surface area contributed by atoms with Gasteiger partial charge in [-0.05, 0) is 31.9 Å². The maximum absolute atomic E-state index is 13.0. The van der Waals surface area contributed by atoms with Crippen LogP contribution in [0.1, 0.15) is 26.2 Å². The Bertz CT molecular complexity index is 463. The molecule has 0 spiro atoms. The zero-order valence-electron chi connectivity index (χ0n) is 11.0. The van der Waals surface area contributed by atoms with E-state index in [1.807, 2.05) is 0 Å². The standard InChI is InChI=1S/C14H19FN2O2/c1-14(13(16)18,17-11-5-6-11)7-8-19-12-4-2-3-10(15)9-12/h2-4,9,11,17H,5-8H2,1H3,(H2,16,18). The fourth-order valence-corrected chi connectivity index (χ4v) is 1.87. The molecule has 0 aromatic heterocycles. The molecule has 5 heteroatoms. The second kappa shape index (κ2) is 5.57. The van der Waals surface area contributed by atoms with Crippen molar-refractivity contribution in [3.8, 4) is 5.75 Å². The fraction of sp³-hybridized carbons (Fsp3) is 0.500. The van der Waals surface area contributed by atoms with Gasteiger partial charge in [-0.3, -0.25) is 4.79 Å². The van der Waals surface area contributed by atoms with Crippen LogP contribution < -0.4 is 15.8 Å². The van der Waals surface area contributed by atoms with Crippen molar-refractivity contribution in [3.05, 3.63) is 30.1 Å². The predicted octanol–water partition coefficient (Wildman–Crippen LogP) is 1.59. The van der Waals surface area contributed by atoms with E-state index in [2.05, 4.69) is 5.32 Å². The molecule has 1 aromatic carbocycles. The molecule has 19 heavy (non-hydrogen) atoms. The molecule has 1 aliphatic rings.